The maximum atomic E-state index is 14.1. The van der Waals surface area contributed by atoms with E-state index in [0.717, 1.165) is 61.0 Å². The number of anilines is 1. The predicted molar refractivity (Wildman–Crippen MR) is 228 cm³/mol. The van der Waals surface area contributed by atoms with Gasteiger partial charge in [0, 0.05) is 62.3 Å². The van der Waals surface area contributed by atoms with Crippen LogP contribution in [0.4, 0.5) is 5.69 Å². The molecule has 2 aliphatic heterocycles. The summed E-state index contributed by atoms with van der Waals surface area (Å²) in [5.74, 6) is -0.403. The summed E-state index contributed by atoms with van der Waals surface area (Å²) in [6, 6.07) is 19.1. The molecule has 14 nitrogen and oxygen atoms in total. The van der Waals surface area contributed by atoms with E-state index in [1.165, 1.54) is 10.9 Å². The van der Waals surface area contributed by atoms with Crippen molar-refractivity contribution < 1.29 is 29.0 Å². The summed E-state index contributed by atoms with van der Waals surface area (Å²) < 4.78 is 12.8. The van der Waals surface area contributed by atoms with Crippen LogP contribution in [0, 0.1) is 0 Å². The molecule has 0 saturated carbocycles. The number of piperidine rings is 1. The second kappa shape index (κ2) is 18.5. The van der Waals surface area contributed by atoms with Gasteiger partial charge in [-0.25, -0.2) is 9.97 Å². The van der Waals surface area contributed by atoms with E-state index in [0.29, 0.717) is 59.1 Å². The van der Waals surface area contributed by atoms with Gasteiger partial charge in [0.25, 0.3) is 11.5 Å². The molecule has 3 amide bonds. The fourth-order valence-corrected chi connectivity index (χ4v) is 8.76. The SMILES string of the molecule is O=C(CCN1CCOCC1)Nc1ccc2c(=O)n(CC3(O)CCN(C(=O)[C@H](Cc4ccccc4)NC(=O)COc4cccc5c(Cl)c6c(nc45)CCCC6)CC3)cnc2c1. The normalized spacial score (nSPS) is 17.2. The molecule has 0 bridgehead atoms. The number of pyridine rings is 1. The van der Waals surface area contributed by atoms with Crippen LogP contribution < -0.4 is 20.9 Å². The molecular weight excluding hydrogens is 786 g/mol. The lowest BCUT2D eigenvalue weighted by Gasteiger charge is -2.39. The molecule has 8 rings (SSSR count). The Hall–Kier alpha value is -5.41. The number of aromatic nitrogens is 3. The van der Waals surface area contributed by atoms with Crippen LogP contribution >= 0.6 is 11.6 Å². The van der Waals surface area contributed by atoms with Crippen molar-refractivity contribution >= 4 is 56.8 Å². The summed E-state index contributed by atoms with van der Waals surface area (Å²) in [6.45, 7) is 3.72. The molecule has 2 aromatic heterocycles. The molecule has 0 unspecified atom stereocenters. The van der Waals surface area contributed by atoms with Crippen LogP contribution in [0.15, 0.2) is 77.9 Å². The van der Waals surface area contributed by atoms with Crippen molar-refractivity contribution in [1.29, 1.82) is 0 Å². The molecule has 15 heteroatoms. The van der Waals surface area contributed by atoms with Crippen LogP contribution in [0.2, 0.25) is 5.02 Å². The number of nitrogens with zero attached hydrogens (tertiary/aromatic N) is 5. The zero-order valence-electron chi connectivity index (χ0n) is 33.5. The average molecular weight is 836 g/mol. The van der Waals surface area contributed by atoms with Gasteiger partial charge in [-0.05, 0) is 73.9 Å². The summed E-state index contributed by atoms with van der Waals surface area (Å²) in [4.78, 5) is 67.0. The van der Waals surface area contributed by atoms with Gasteiger partial charge in [0.2, 0.25) is 11.8 Å². The fraction of sp³-hybridized carbons (Fsp3) is 0.422. The van der Waals surface area contributed by atoms with Crippen molar-refractivity contribution in [2.24, 2.45) is 0 Å². The quantitative estimate of drug-likeness (QED) is 0.156. The molecule has 2 fully saturated rings. The number of aliphatic hydroxyl groups is 1. The lowest BCUT2D eigenvalue weighted by molar-refractivity contribution is -0.140. The standard InChI is InChI=1S/C45H50ClN7O7/c46-41-32-9-4-5-11-35(32)50-42-34(41)10-6-12-38(42)60-27-40(55)49-37(25-30-7-2-1-3-8-30)44(57)52-19-16-45(58,17-20-52)28-53-29-47-36-26-31(13-14-33(36)43(53)56)48-39(54)15-18-51-21-23-59-24-22-51/h1-3,6-8,10,12-14,26,29,37,58H,4-5,9,11,15-25,27-28H2,(H,48,54)(H,49,55)/t37-/m0/s1. The maximum Gasteiger partial charge on any atom is 0.261 e. The summed E-state index contributed by atoms with van der Waals surface area (Å²) in [5.41, 5.74) is 2.94. The Kier molecular flexibility index (Phi) is 12.7. The summed E-state index contributed by atoms with van der Waals surface area (Å²) in [5, 5.41) is 19.3. The number of halogens is 1. The van der Waals surface area contributed by atoms with E-state index in [4.69, 9.17) is 26.1 Å². The third-order valence-electron chi connectivity index (χ3n) is 11.8. The van der Waals surface area contributed by atoms with Gasteiger partial charge in [-0.1, -0.05) is 54.1 Å². The van der Waals surface area contributed by atoms with Crippen molar-refractivity contribution in [2.45, 2.75) is 69.6 Å². The molecule has 1 aliphatic carbocycles. The molecule has 1 atom stereocenters. The van der Waals surface area contributed by atoms with E-state index in [-0.39, 0.29) is 62.9 Å². The van der Waals surface area contributed by atoms with Crippen molar-refractivity contribution in [3.63, 3.8) is 0 Å². The van der Waals surface area contributed by atoms with Crippen LogP contribution in [0.5, 0.6) is 5.75 Å². The maximum absolute atomic E-state index is 14.1. The van der Waals surface area contributed by atoms with E-state index in [9.17, 15) is 24.3 Å². The molecule has 5 aromatic rings. The van der Waals surface area contributed by atoms with Crippen molar-refractivity contribution in [1.82, 2.24) is 29.7 Å². The molecule has 60 heavy (non-hydrogen) atoms. The zero-order valence-corrected chi connectivity index (χ0v) is 34.3. The molecule has 0 radical (unpaired) electrons. The van der Waals surface area contributed by atoms with Crippen LogP contribution in [-0.4, -0.2) is 111 Å². The summed E-state index contributed by atoms with van der Waals surface area (Å²) in [7, 11) is 0. The lowest BCUT2D eigenvalue weighted by Crippen LogP contribution is -2.55. The molecule has 2 saturated heterocycles. The number of para-hydroxylation sites is 1. The van der Waals surface area contributed by atoms with Crippen LogP contribution in [0.1, 0.15) is 48.9 Å². The number of fused-ring (bicyclic) bond motifs is 3. The Morgan fingerprint density at radius 2 is 1.72 bits per heavy atom. The average Bonchev–Trinajstić information content (AvgIpc) is 3.26. The number of amides is 3. The zero-order chi connectivity index (χ0) is 41.6. The Balaban J connectivity index is 0.886. The van der Waals surface area contributed by atoms with Gasteiger partial charge in [0.15, 0.2) is 6.61 Å². The Labute approximate surface area is 352 Å². The first-order chi connectivity index (χ1) is 29.1. The number of ether oxygens (including phenoxy) is 2. The second-order valence-corrected chi connectivity index (χ2v) is 16.4. The number of carbonyl (C=O) groups excluding carboxylic acids is 3. The Bertz CT molecular complexity index is 2430. The third kappa shape index (κ3) is 9.63. The largest absolute Gasteiger partial charge is 0.481 e. The molecular formula is C45H50ClN7O7. The van der Waals surface area contributed by atoms with Crippen molar-refractivity contribution in [2.75, 3.05) is 57.9 Å². The fourth-order valence-electron chi connectivity index (χ4n) is 8.40. The van der Waals surface area contributed by atoms with Gasteiger partial charge in [-0.2, -0.15) is 0 Å². The van der Waals surface area contributed by atoms with Crippen molar-refractivity contribution in [3.8, 4) is 5.75 Å². The van der Waals surface area contributed by atoms with Gasteiger partial charge in [0.1, 0.15) is 17.3 Å². The number of likely N-dealkylation sites (tertiary alicyclic amines) is 1. The lowest BCUT2D eigenvalue weighted by atomic mass is 9.90. The first-order valence-corrected chi connectivity index (χ1v) is 21.2. The van der Waals surface area contributed by atoms with Gasteiger partial charge < -0.3 is 30.1 Å². The van der Waals surface area contributed by atoms with Gasteiger partial charge >= 0.3 is 0 Å². The minimum atomic E-state index is -1.27. The Morgan fingerprint density at radius 3 is 2.52 bits per heavy atom. The molecule has 0 spiro atoms. The summed E-state index contributed by atoms with van der Waals surface area (Å²) in [6.07, 6.45) is 6.30. The van der Waals surface area contributed by atoms with E-state index in [1.807, 2.05) is 42.5 Å². The number of carbonyl (C=O) groups is 3. The minimum absolute atomic E-state index is 0.00457. The van der Waals surface area contributed by atoms with E-state index in [2.05, 4.69) is 20.5 Å². The van der Waals surface area contributed by atoms with Gasteiger partial charge in [-0.15, -0.1) is 0 Å². The number of morpholine rings is 1. The second-order valence-electron chi connectivity index (χ2n) is 16.0. The van der Waals surface area contributed by atoms with Crippen molar-refractivity contribution in [3.05, 3.63) is 105 Å². The smallest absolute Gasteiger partial charge is 0.261 e. The monoisotopic (exact) mass is 835 g/mol. The van der Waals surface area contributed by atoms with Crippen LogP contribution in [-0.2, 0) is 44.9 Å². The molecule has 3 aliphatic rings. The number of hydrogen-bond acceptors (Lipinski definition) is 10. The highest BCUT2D eigenvalue weighted by atomic mass is 35.5. The minimum Gasteiger partial charge on any atom is -0.481 e. The third-order valence-corrected chi connectivity index (χ3v) is 12.2. The number of rotatable bonds is 13. The van der Waals surface area contributed by atoms with E-state index in [1.54, 1.807) is 29.2 Å². The molecule has 314 valence electrons. The van der Waals surface area contributed by atoms with Gasteiger partial charge in [-0.3, -0.25) is 28.6 Å². The van der Waals surface area contributed by atoms with Crippen LogP contribution in [0.25, 0.3) is 21.8 Å². The Morgan fingerprint density at radius 1 is 0.933 bits per heavy atom. The summed E-state index contributed by atoms with van der Waals surface area (Å²) >= 11 is 6.81. The number of aryl methyl sites for hydroxylation is 1. The number of benzene rings is 3. The molecule has 4 heterocycles. The highest BCUT2D eigenvalue weighted by Gasteiger charge is 2.37. The van der Waals surface area contributed by atoms with E-state index >= 15 is 0 Å². The van der Waals surface area contributed by atoms with Crippen LogP contribution in [0.3, 0.4) is 0 Å². The molecule has 3 aromatic carbocycles. The highest BCUT2D eigenvalue weighted by Crippen LogP contribution is 2.36. The topological polar surface area (TPSA) is 168 Å². The first-order valence-electron chi connectivity index (χ1n) is 20.8. The number of nitrogens with one attached hydrogen (secondary N) is 2. The van der Waals surface area contributed by atoms with E-state index < -0.39 is 17.6 Å². The number of hydrogen-bond donors (Lipinski definition) is 3. The first kappa shape index (κ1) is 41.3. The van der Waals surface area contributed by atoms with Gasteiger partial charge in [0.05, 0.1) is 47.6 Å². The highest BCUT2D eigenvalue weighted by molar-refractivity contribution is 6.36. The molecule has 3 N–H and O–H groups in total. The predicted octanol–water partition coefficient (Wildman–Crippen LogP) is 4.30.